The van der Waals surface area contributed by atoms with Gasteiger partial charge in [-0.2, -0.15) is 0 Å². The molecule has 2 unspecified atom stereocenters. The number of fused-ring (bicyclic) bond motifs is 1. The van der Waals surface area contributed by atoms with Gasteiger partial charge in [0.2, 0.25) is 5.91 Å². The Balaban J connectivity index is 1.54. The minimum atomic E-state index is 0.0144. The van der Waals surface area contributed by atoms with E-state index in [4.69, 9.17) is 11.6 Å². The van der Waals surface area contributed by atoms with Crippen LogP contribution in [0, 0.1) is 0 Å². The third-order valence-corrected chi connectivity index (χ3v) is 6.59. The van der Waals surface area contributed by atoms with E-state index in [0.29, 0.717) is 11.9 Å². The lowest BCUT2D eigenvalue weighted by atomic mass is 9.81. The van der Waals surface area contributed by atoms with Crippen LogP contribution in [0.15, 0.2) is 18.2 Å². The SMILES string of the molecule is CN1CCN(C(=O)C2CCCc3cc(Cl)ccc32)C(CN2CCCC2)C1. The quantitative estimate of drug-likeness (QED) is 0.812. The Morgan fingerprint density at radius 1 is 1.15 bits per heavy atom. The first-order valence-electron chi connectivity index (χ1n) is 10.1. The van der Waals surface area contributed by atoms with Gasteiger partial charge in [0.05, 0.1) is 12.0 Å². The van der Waals surface area contributed by atoms with Crippen molar-refractivity contribution in [2.45, 2.75) is 44.1 Å². The molecule has 2 aliphatic heterocycles. The van der Waals surface area contributed by atoms with Crippen molar-refractivity contribution in [1.82, 2.24) is 14.7 Å². The summed E-state index contributed by atoms with van der Waals surface area (Å²) in [5, 5.41) is 0.781. The van der Waals surface area contributed by atoms with Crippen LogP contribution in [0.5, 0.6) is 0 Å². The van der Waals surface area contributed by atoms with Gasteiger partial charge in [0.25, 0.3) is 0 Å². The highest BCUT2D eigenvalue weighted by atomic mass is 35.5. The summed E-state index contributed by atoms with van der Waals surface area (Å²) < 4.78 is 0. The Morgan fingerprint density at radius 2 is 1.96 bits per heavy atom. The van der Waals surface area contributed by atoms with E-state index >= 15 is 0 Å². The van der Waals surface area contributed by atoms with Crippen LogP contribution in [0.2, 0.25) is 5.02 Å². The number of hydrogen-bond donors (Lipinski definition) is 0. The molecule has 0 spiro atoms. The number of aryl methyl sites for hydroxylation is 1. The molecule has 142 valence electrons. The number of piperazine rings is 1. The number of likely N-dealkylation sites (N-methyl/N-ethyl adjacent to an activating group) is 1. The molecule has 1 aromatic rings. The van der Waals surface area contributed by atoms with Crippen LogP contribution in [0.1, 0.15) is 42.7 Å². The number of hydrogen-bond acceptors (Lipinski definition) is 3. The second-order valence-corrected chi connectivity index (χ2v) is 8.68. The Hall–Kier alpha value is -1.10. The molecule has 26 heavy (non-hydrogen) atoms. The second kappa shape index (κ2) is 7.87. The van der Waals surface area contributed by atoms with Crippen molar-refractivity contribution in [2.75, 3.05) is 46.3 Å². The molecular formula is C21H30ClN3O. The fourth-order valence-electron chi connectivity index (χ4n) is 4.96. The monoisotopic (exact) mass is 375 g/mol. The summed E-state index contributed by atoms with van der Waals surface area (Å²) in [6.07, 6.45) is 5.69. The second-order valence-electron chi connectivity index (χ2n) is 8.24. The van der Waals surface area contributed by atoms with E-state index in [9.17, 15) is 4.79 Å². The van der Waals surface area contributed by atoms with E-state index in [1.165, 1.54) is 37.1 Å². The van der Waals surface area contributed by atoms with E-state index in [1.54, 1.807) is 0 Å². The molecule has 4 rings (SSSR count). The van der Waals surface area contributed by atoms with Gasteiger partial charge in [-0.1, -0.05) is 17.7 Å². The maximum absolute atomic E-state index is 13.5. The lowest BCUT2D eigenvalue weighted by Crippen LogP contribution is -2.58. The summed E-state index contributed by atoms with van der Waals surface area (Å²) >= 11 is 6.18. The number of benzene rings is 1. The van der Waals surface area contributed by atoms with Crippen molar-refractivity contribution in [3.8, 4) is 0 Å². The molecule has 1 amide bonds. The van der Waals surface area contributed by atoms with E-state index in [0.717, 1.165) is 50.5 Å². The Morgan fingerprint density at radius 3 is 2.77 bits per heavy atom. The third-order valence-electron chi connectivity index (χ3n) is 6.35. The predicted octanol–water partition coefficient (Wildman–Crippen LogP) is 3.00. The lowest BCUT2D eigenvalue weighted by Gasteiger charge is -2.43. The zero-order valence-electron chi connectivity index (χ0n) is 15.8. The molecule has 4 nitrogen and oxygen atoms in total. The molecule has 0 radical (unpaired) electrons. The largest absolute Gasteiger partial charge is 0.335 e. The fraction of sp³-hybridized carbons (Fsp3) is 0.667. The number of amides is 1. The first-order chi connectivity index (χ1) is 12.6. The summed E-state index contributed by atoms with van der Waals surface area (Å²) in [4.78, 5) is 20.7. The van der Waals surface area contributed by atoms with Crippen molar-refractivity contribution in [3.63, 3.8) is 0 Å². The van der Waals surface area contributed by atoms with Gasteiger partial charge in [-0.25, -0.2) is 0 Å². The van der Waals surface area contributed by atoms with Crippen LogP contribution < -0.4 is 0 Å². The molecule has 0 bridgehead atoms. The van der Waals surface area contributed by atoms with Crippen molar-refractivity contribution < 1.29 is 4.79 Å². The topological polar surface area (TPSA) is 26.8 Å². The van der Waals surface area contributed by atoms with Crippen LogP contribution in [-0.2, 0) is 11.2 Å². The number of halogens is 1. The molecule has 2 saturated heterocycles. The number of carbonyl (C=O) groups is 1. The van der Waals surface area contributed by atoms with Crippen molar-refractivity contribution >= 4 is 17.5 Å². The highest BCUT2D eigenvalue weighted by molar-refractivity contribution is 6.30. The van der Waals surface area contributed by atoms with Crippen LogP contribution in [0.4, 0.5) is 0 Å². The molecule has 0 aromatic heterocycles. The molecular weight excluding hydrogens is 346 g/mol. The average Bonchev–Trinajstić information content (AvgIpc) is 3.13. The average molecular weight is 376 g/mol. The maximum atomic E-state index is 13.5. The molecule has 0 saturated carbocycles. The summed E-state index contributed by atoms with van der Waals surface area (Å²) in [5.41, 5.74) is 2.48. The molecule has 5 heteroatoms. The lowest BCUT2D eigenvalue weighted by molar-refractivity contribution is -0.138. The Bertz CT molecular complexity index is 659. The van der Waals surface area contributed by atoms with Gasteiger partial charge in [-0.05, 0) is 75.5 Å². The van der Waals surface area contributed by atoms with E-state index in [1.807, 2.05) is 6.07 Å². The zero-order valence-corrected chi connectivity index (χ0v) is 16.5. The maximum Gasteiger partial charge on any atom is 0.230 e. The fourth-order valence-corrected chi connectivity index (χ4v) is 5.15. The first-order valence-corrected chi connectivity index (χ1v) is 10.5. The van der Waals surface area contributed by atoms with Crippen LogP contribution >= 0.6 is 11.6 Å². The highest BCUT2D eigenvalue weighted by Gasteiger charge is 2.36. The minimum Gasteiger partial charge on any atom is -0.335 e. The number of rotatable bonds is 3. The number of nitrogens with zero attached hydrogens (tertiary/aromatic N) is 3. The molecule has 0 N–H and O–H groups in total. The first kappa shape index (κ1) is 18.3. The third kappa shape index (κ3) is 3.78. The van der Waals surface area contributed by atoms with Crippen LogP contribution in [-0.4, -0.2) is 73.0 Å². The zero-order chi connectivity index (χ0) is 18.1. The van der Waals surface area contributed by atoms with Crippen LogP contribution in [0.3, 0.4) is 0 Å². The number of likely N-dealkylation sites (tertiary alicyclic amines) is 1. The summed E-state index contributed by atoms with van der Waals surface area (Å²) in [5.74, 6) is 0.353. The van der Waals surface area contributed by atoms with Gasteiger partial charge < -0.3 is 14.7 Å². The van der Waals surface area contributed by atoms with E-state index in [-0.39, 0.29) is 5.92 Å². The standard InChI is InChI=1S/C21H30ClN3O/c1-23-11-12-25(18(14-23)15-24-9-2-3-10-24)21(26)20-6-4-5-16-13-17(22)7-8-19(16)20/h7-8,13,18,20H,2-6,9-12,14-15H2,1H3. The van der Waals surface area contributed by atoms with Crippen molar-refractivity contribution in [1.29, 1.82) is 0 Å². The van der Waals surface area contributed by atoms with Gasteiger partial charge >= 0.3 is 0 Å². The number of carbonyl (C=O) groups excluding carboxylic acids is 1. The van der Waals surface area contributed by atoms with E-state index < -0.39 is 0 Å². The van der Waals surface area contributed by atoms with Gasteiger partial charge in [-0.3, -0.25) is 4.79 Å². The van der Waals surface area contributed by atoms with Crippen LogP contribution in [0.25, 0.3) is 0 Å². The van der Waals surface area contributed by atoms with Gasteiger partial charge in [0.1, 0.15) is 0 Å². The van der Waals surface area contributed by atoms with Gasteiger partial charge in [-0.15, -0.1) is 0 Å². The molecule has 1 aliphatic carbocycles. The Labute approximate surface area is 162 Å². The molecule has 2 fully saturated rings. The molecule has 3 aliphatic rings. The predicted molar refractivity (Wildman–Crippen MR) is 106 cm³/mol. The molecule has 2 atom stereocenters. The summed E-state index contributed by atoms with van der Waals surface area (Å²) in [6.45, 7) is 6.22. The molecule has 2 heterocycles. The van der Waals surface area contributed by atoms with Gasteiger partial charge in [0, 0.05) is 31.2 Å². The minimum absolute atomic E-state index is 0.0144. The normalized spacial score (nSPS) is 27.5. The van der Waals surface area contributed by atoms with Gasteiger partial charge in [0.15, 0.2) is 0 Å². The summed E-state index contributed by atoms with van der Waals surface area (Å²) in [6, 6.07) is 6.40. The Kier molecular flexibility index (Phi) is 5.53. The summed E-state index contributed by atoms with van der Waals surface area (Å²) in [7, 11) is 2.18. The van der Waals surface area contributed by atoms with E-state index in [2.05, 4.69) is 33.9 Å². The molecule has 1 aromatic carbocycles. The highest BCUT2D eigenvalue weighted by Crippen LogP contribution is 2.35. The van der Waals surface area contributed by atoms with Crippen molar-refractivity contribution in [2.24, 2.45) is 0 Å². The smallest absolute Gasteiger partial charge is 0.230 e. The van der Waals surface area contributed by atoms with Crippen molar-refractivity contribution in [3.05, 3.63) is 34.3 Å².